The average Bonchev–Trinajstić information content (AvgIpc) is 2.72. The summed E-state index contributed by atoms with van der Waals surface area (Å²) in [7, 11) is 0. The van der Waals surface area contributed by atoms with Crippen LogP contribution in [0.25, 0.3) is 0 Å². The summed E-state index contributed by atoms with van der Waals surface area (Å²) < 4.78 is 5.72. The van der Waals surface area contributed by atoms with Crippen molar-refractivity contribution in [2.45, 2.75) is 47.2 Å². The van der Waals surface area contributed by atoms with Crippen molar-refractivity contribution in [2.24, 2.45) is 5.92 Å². The van der Waals surface area contributed by atoms with Crippen molar-refractivity contribution >= 4 is 35.0 Å². The summed E-state index contributed by atoms with van der Waals surface area (Å²) in [6.45, 7) is 10.3. The maximum atomic E-state index is 13.1. The fourth-order valence-electron chi connectivity index (χ4n) is 2.90. The zero-order chi connectivity index (χ0) is 23.1. The molecule has 2 aromatic rings. The minimum Gasteiger partial charge on any atom is -0.484 e. The maximum absolute atomic E-state index is 13.1. The van der Waals surface area contributed by atoms with Gasteiger partial charge in [-0.15, -0.1) is 0 Å². The summed E-state index contributed by atoms with van der Waals surface area (Å²) in [6, 6.07) is 10.2. The Morgan fingerprint density at radius 2 is 1.71 bits per heavy atom. The van der Waals surface area contributed by atoms with Gasteiger partial charge in [0.15, 0.2) is 6.61 Å². The molecule has 0 saturated carbocycles. The van der Waals surface area contributed by atoms with Gasteiger partial charge in [0, 0.05) is 13.1 Å². The second-order valence-corrected chi connectivity index (χ2v) is 8.93. The maximum Gasteiger partial charge on any atom is 0.261 e. The highest BCUT2D eigenvalue weighted by Crippen LogP contribution is 2.24. The quantitative estimate of drug-likeness (QED) is 0.555. The Hall–Kier alpha value is -2.24. The third-order valence-corrected chi connectivity index (χ3v) is 5.77. The van der Waals surface area contributed by atoms with E-state index in [1.807, 2.05) is 45.9 Å². The molecule has 2 amide bonds. The van der Waals surface area contributed by atoms with E-state index in [4.69, 9.17) is 27.9 Å². The van der Waals surface area contributed by atoms with Gasteiger partial charge in [-0.1, -0.05) is 49.2 Å². The summed E-state index contributed by atoms with van der Waals surface area (Å²) in [5.41, 5.74) is 3.01. The Balaban J connectivity index is 2.17. The van der Waals surface area contributed by atoms with Gasteiger partial charge in [0.1, 0.15) is 11.8 Å². The fraction of sp³-hybridized carbons (Fsp3) is 0.417. The molecule has 2 rings (SSSR count). The van der Waals surface area contributed by atoms with Crippen molar-refractivity contribution < 1.29 is 14.3 Å². The third-order valence-electron chi connectivity index (χ3n) is 5.03. The Labute approximate surface area is 194 Å². The van der Waals surface area contributed by atoms with Crippen LogP contribution in [0.1, 0.15) is 37.5 Å². The van der Waals surface area contributed by atoms with E-state index in [0.29, 0.717) is 28.3 Å². The SMILES string of the molecule is Cc1ccc(OCC(=O)N(Cc2ccc(Cl)c(Cl)c2)[C@@H](C)C(=O)NCC(C)C)cc1C. The average molecular weight is 465 g/mol. The Morgan fingerprint density at radius 1 is 1.00 bits per heavy atom. The van der Waals surface area contributed by atoms with Crippen LogP contribution in [0.15, 0.2) is 36.4 Å². The Kier molecular flexibility index (Phi) is 9.20. The van der Waals surface area contributed by atoms with Crippen LogP contribution in [0.2, 0.25) is 10.0 Å². The van der Waals surface area contributed by atoms with Crippen molar-refractivity contribution in [2.75, 3.05) is 13.2 Å². The second-order valence-electron chi connectivity index (χ2n) is 8.12. The normalized spacial score (nSPS) is 11.9. The van der Waals surface area contributed by atoms with E-state index in [9.17, 15) is 9.59 Å². The standard InChI is InChI=1S/C24H30Cl2N2O3/c1-15(2)12-27-24(30)18(5)28(13-19-7-9-21(25)22(26)11-19)23(29)14-31-20-8-6-16(3)17(4)10-20/h6-11,15,18H,12-14H2,1-5H3,(H,27,30)/t18-/m0/s1. The number of rotatable bonds is 9. The lowest BCUT2D eigenvalue weighted by Gasteiger charge is -2.29. The number of amides is 2. The Morgan fingerprint density at radius 3 is 2.32 bits per heavy atom. The van der Waals surface area contributed by atoms with E-state index in [1.165, 1.54) is 4.90 Å². The molecule has 0 aliphatic rings. The molecular weight excluding hydrogens is 435 g/mol. The predicted octanol–water partition coefficient (Wildman–Crippen LogP) is 5.18. The van der Waals surface area contributed by atoms with Crippen LogP contribution in [-0.4, -0.2) is 35.9 Å². The summed E-state index contributed by atoms with van der Waals surface area (Å²) >= 11 is 12.1. The molecule has 1 N–H and O–H groups in total. The van der Waals surface area contributed by atoms with Gasteiger partial charge in [-0.05, 0) is 67.6 Å². The number of halogens is 2. The summed E-state index contributed by atoms with van der Waals surface area (Å²) in [5, 5.41) is 3.72. The van der Waals surface area contributed by atoms with Crippen LogP contribution in [-0.2, 0) is 16.1 Å². The largest absolute Gasteiger partial charge is 0.484 e. The molecule has 0 unspecified atom stereocenters. The molecule has 2 aromatic carbocycles. The molecule has 5 nitrogen and oxygen atoms in total. The highest BCUT2D eigenvalue weighted by molar-refractivity contribution is 6.42. The van der Waals surface area contributed by atoms with Gasteiger partial charge in [-0.25, -0.2) is 0 Å². The van der Waals surface area contributed by atoms with Gasteiger partial charge in [0.2, 0.25) is 5.91 Å². The first-order chi connectivity index (χ1) is 14.6. The summed E-state index contributed by atoms with van der Waals surface area (Å²) in [6.07, 6.45) is 0. The van der Waals surface area contributed by atoms with Crippen molar-refractivity contribution in [3.8, 4) is 5.75 Å². The lowest BCUT2D eigenvalue weighted by Crippen LogP contribution is -2.49. The van der Waals surface area contributed by atoms with Gasteiger partial charge in [-0.3, -0.25) is 9.59 Å². The number of nitrogens with one attached hydrogen (secondary N) is 1. The fourth-order valence-corrected chi connectivity index (χ4v) is 3.22. The highest BCUT2D eigenvalue weighted by atomic mass is 35.5. The first-order valence-electron chi connectivity index (χ1n) is 10.3. The molecule has 0 radical (unpaired) electrons. The van der Waals surface area contributed by atoms with Crippen LogP contribution >= 0.6 is 23.2 Å². The van der Waals surface area contributed by atoms with E-state index < -0.39 is 6.04 Å². The highest BCUT2D eigenvalue weighted by Gasteiger charge is 2.26. The first-order valence-corrected chi connectivity index (χ1v) is 11.0. The molecule has 0 bridgehead atoms. The molecule has 1 atom stereocenters. The lowest BCUT2D eigenvalue weighted by atomic mass is 10.1. The molecule has 0 fully saturated rings. The van der Waals surface area contributed by atoms with Gasteiger partial charge >= 0.3 is 0 Å². The van der Waals surface area contributed by atoms with Gasteiger partial charge in [-0.2, -0.15) is 0 Å². The van der Waals surface area contributed by atoms with E-state index >= 15 is 0 Å². The van der Waals surface area contributed by atoms with Gasteiger partial charge in [0.05, 0.1) is 10.0 Å². The molecule has 0 heterocycles. The number of benzene rings is 2. The van der Waals surface area contributed by atoms with Crippen LogP contribution in [0.5, 0.6) is 5.75 Å². The van der Waals surface area contributed by atoms with Crippen LogP contribution in [0.3, 0.4) is 0 Å². The molecule has 0 spiro atoms. The topological polar surface area (TPSA) is 58.6 Å². The van der Waals surface area contributed by atoms with Crippen LogP contribution in [0.4, 0.5) is 0 Å². The van der Waals surface area contributed by atoms with E-state index in [2.05, 4.69) is 5.32 Å². The monoisotopic (exact) mass is 464 g/mol. The number of aryl methyl sites for hydroxylation is 2. The summed E-state index contributed by atoms with van der Waals surface area (Å²) in [4.78, 5) is 27.2. The molecule has 7 heteroatoms. The smallest absolute Gasteiger partial charge is 0.261 e. The zero-order valence-electron chi connectivity index (χ0n) is 18.7. The first kappa shape index (κ1) is 25.0. The predicted molar refractivity (Wildman–Crippen MR) is 126 cm³/mol. The molecule has 0 saturated heterocycles. The molecule has 0 aromatic heterocycles. The van der Waals surface area contributed by atoms with E-state index in [-0.39, 0.29) is 25.0 Å². The minimum atomic E-state index is -0.677. The number of ether oxygens (including phenoxy) is 1. The number of hydrogen-bond donors (Lipinski definition) is 1. The second kappa shape index (κ2) is 11.4. The number of nitrogens with zero attached hydrogens (tertiary/aromatic N) is 1. The van der Waals surface area contributed by atoms with Crippen molar-refractivity contribution in [3.63, 3.8) is 0 Å². The van der Waals surface area contributed by atoms with Crippen LogP contribution < -0.4 is 10.1 Å². The number of carbonyl (C=O) groups is 2. The van der Waals surface area contributed by atoms with E-state index in [1.54, 1.807) is 25.1 Å². The van der Waals surface area contributed by atoms with Gasteiger partial charge < -0.3 is 15.0 Å². The van der Waals surface area contributed by atoms with Gasteiger partial charge in [0.25, 0.3) is 5.91 Å². The number of carbonyl (C=O) groups excluding carboxylic acids is 2. The molecule has 0 aliphatic heterocycles. The number of hydrogen-bond acceptors (Lipinski definition) is 3. The molecule has 0 aliphatic carbocycles. The van der Waals surface area contributed by atoms with E-state index in [0.717, 1.165) is 16.7 Å². The third kappa shape index (κ3) is 7.44. The molecule has 31 heavy (non-hydrogen) atoms. The molecule has 168 valence electrons. The lowest BCUT2D eigenvalue weighted by molar-refractivity contribution is -0.142. The Bertz CT molecular complexity index is 931. The van der Waals surface area contributed by atoms with Crippen molar-refractivity contribution in [1.82, 2.24) is 10.2 Å². The van der Waals surface area contributed by atoms with Crippen LogP contribution in [0, 0.1) is 19.8 Å². The minimum absolute atomic E-state index is 0.175. The summed E-state index contributed by atoms with van der Waals surface area (Å²) in [5.74, 6) is 0.413. The zero-order valence-corrected chi connectivity index (χ0v) is 20.2. The van der Waals surface area contributed by atoms with Crippen molar-refractivity contribution in [1.29, 1.82) is 0 Å². The molecular formula is C24H30Cl2N2O3. The van der Waals surface area contributed by atoms with Crippen molar-refractivity contribution in [3.05, 3.63) is 63.1 Å².